The summed E-state index contributed by atoms with van der Waals surface area (Å²) in [6, 6.07) is 2.65. The van der Waals surface area contributed by atoms with E-state index in [1.807, 2.05) is 0 Å². The Morgan fingerprint density at radius 2 is 2.20 bits per heavy atom. The molecule has 0 aliphatic rings. The summed E-state index contributed by atoms with van der Waals surface area (Å²) in [5, 5.41) is -0.0609. The van der Waals surface area contributed by atoms with Crippen LogP contribution in [0.5, 0.6) is 0 Å². The molecule has 0 fully saturated rings. The fourth-order valence-corrected chi connectivity index (χ4v) is 0.916. The van der Waals surface area contributed by atoms with Crippen molar-refractivity contribution in [3.63, 3.8) is 0 Å². The first-order valence-corrected chi connectivity index (χ1v) is 3.50. The van der Waals surface area contributed by atoms with Crippen molar-refractivity contribution in [3.05, 3.63) is 17.4 Å². The van der Waals surface area contributed by atoms with Crippen LogP contribution in [0.3, 0.4) is 0 Å². The molecule has 0 bridgehead atoms. The van der Waals surface area contributed by atoms with E-state index in [2.05, 4.69) is 4.42 Å². The molecule has 1 rings (SSSR count). The van der Waals surface area contributed by atoms with Crippen LogP contribution in [-0.4, -0.2) is 8.76 Å². The van der Waals surface area contributed by atoms with Crippen molar-refractivity contribution < 1.29 is 32.0 Å². The molecule has 0 saturated heterocycles. The Kier molecular flexibility index (Phi) is 4.33. The summed E-state index contributed by atoms with van der Waals surface area (Å²) in [6.45, 7) is 0. The van der Waals surface area contributed by atoms with E-state index in [4.69, 9.17) is 11.6 Å². The van der Waals surface area contributed by atoms with Gasteiger partial charge in [0, 0.05) is 11.1 Å². The molecule has 1 aromatic heterocycles. The van der Waals surface area contributed by atoms with E-state index < -0.39 is 11.1 Å². The average molecular weight is 173 g/mol. The van der Waals surface area contributed by atoms with Crippen LogP contribution in [0.2, 0.25) is 5.22 Å². The molecule has 0 aliphatic carbocycles. The molecule has 0 amide bonds. The van der Waals surface area contributed by atoms with Gasteiger partial charge in [0.2, 0.25) is 0 Å². The minimum absolute atomic E-state index is 0. The largest absolute Gasteiger partial charge is 1.00 e. The van der Waals surface area contributed by atoms with Crippen LogP contribution in [0, 0.1) is 0 Å². The SMILES string of the molecule is O=S([O-])c1ccc(Cl)o1.[Li+]. The quantitative estimate of drug-likeness (QED) is 0.370. The van der Waals surface area contributed by atoms with Gasteiger partial charge in [-0.1, -0.05) is 0 Å². The van der Waals surface area contributed by atoms with Crippen molar-refractivity contribution >= 4 is 22.7 Å². The van der Waals surface area contributed by atoms with Gasteiger partial charge in [0.1, 0.15) is 0 Å². The first-order chi connectivity index (χ1) is 4.20. The van der Waals surface area contributed by atoms with E-state index in [0.717, 1.165) is 0 Å². The molecule has 0 aromatic carbocycles. The summed E-state index contributed by atoms with van der Waals surface area (Å²) >= 11 is 2.96. The molecule has 0 spiro atoms. The number of furan rings is 1. The third-order valence-corrected chi connectivity index (χ3v) is 1.46. The molecule has 1 unspecified atom stereocenters. The van der Waals surface area contributed by atoms with Crippen LogP contribution >= 0.6 is 11.6 Å². The summed E-state index contributed by atoms with van der Waals surface area (Å²) in [5.41, 5.74) is 0. The van der Waals surface area contributed by atoms with Crippen molar-refractivity contribution in [3.8, 4) is 0 Å². The number of rotatable bonds is 1. The molecule has 0 radical (unpaired) electrons. The molecule has 1 heterocycles. The topological polar surface area (TPSA) is 53.3 Å². The molecule has 0 saturated carbocycles. The van der Waals surface area contributed by atoms with Crippen LogP contribution in [0.4, 0.5) is 0 Å². The Balaban J connectivity index is 0.000000810. The van der Waals surface area contributed by atoms with E-state index in [9.17, 15) is 8.76 Å². The Hall–Kier alpha value is 0.277. The minimum atomic E-state index is -2.31. The zero-order valence-corrected chi connectivity index (χ0v) is 6.74. The van der Waals surface area contributed by atoms with E-state index in [1.165, 1.54) is 12.1 Å². The average Bonchev–Trinajstić information content (AvgIpc) is 2.14. The van der Waals surface area contributed by atoms with Gasteiger partial charge in [-0.25, -0.2) is 0 Å². The molecule has 6 heteroatoms. The van der Waals surface area contributed by atoms with Crippen molar-refractivity contribution in [2.45, 2.75) is 5.09 Å². The standard InChI is InChI=1S/C4H3ClO3S.Li/c5-3-1-2-4(8-3)9(6)7;/h1-2H,(H,6,7);/q;+1/p-1. The Labute approximate surface area is 77.2 Å². The van der Waals surface area contributed by atoms with Crippen LogP contribution in [0.25, 0.3) is 0 Å². The third-order valence-electron chi connectivity index (χ3n) is 0.713. The van der Waals surface area contributed by atoms with Crippen molar-refractivity contribution in [2.24, 2.45) is 0 Å². The van der Waals surface area contributed by atoms with Gasteiger partial charge in [-0.15, -0.1) is 0 Å². The van der Waals surface area contributed by atoms with Gasteiger partial charge in [-0.05, 0) is 23.7 Å². The molecule has 3 nitrogen and oxygen atoms in total. The molecule has 0 N–H and O–H groups in total. The second kappa shape index (κ2) is 4.22. The van der Waals surface area contributed by atoms with Crippen LogP contribution in [0.1, 0.15) is 0 Å². The molecule has 50 valence electrons. The first kappa shape index (κ1) is 10.3. The van der Waals surface area contributed by atoms with Gasteiger partial charge in [-0.3, -0.25) is 4.21 Å². The maximum absolute atomic E-state index is 10.1. The molecule has 10 heavy (non-hydrogen) atoms. The monoisotopic (exact) mass is 172 g/mol. The van der Waals surface area contributed by atoms with Gasteiger partial charge in [0.15, 0.2) is 10.3 Å². The van der Waals surface area contributed by atoms with Gasteiger partial charge in [0.25, 0.3) is 0 Å². The van der Waals surface area contributed by atoms with Gasteiger partial charge >= 0.3 is 18.9 Å². The first-order valence-electron chi connectivity index (χ1n) is 2.05. The Morgan fingerprint density at radius 1 is 1.60 bits per heavy atom. The summed E-state index contributed by atoms with van der Waals surface area (Å²) in [6.07, 6.45) is 0. The summed E-state index contributed by atoms with van der Waals surface area (Å²) in [4.78, 5) is 0. The normalized spacial score (nSPS) is 12.2. The van der Waals surface area contributed by atoms with E-state index in [0.29, 0.717) is 0 Å². The van der Waals surface area contributed by atoms with E-state index in [-0.39, 0.29) is 29.2 Å². The third kappa shape index (κ3) is 2.49. The van der Waals surface area contributed by atoms with E-state index in [1.54, 1.807) is 0 Å². The molecular weight excluding hydrogens is 171 g/mol. The molecule has 1 atom stereocenters. The predicted molar refractivity (Wildman–Crippen MR) is 30.9 cm³/mol. The molecule has 1 aromatic rings. The maximum Gasteiger partial charge on any atom is 1.00 e. The van der Waals surface area contributed by atoms with Crippen LogP contribution < -0.4 is 18.9 Å². The summed E-state index contributed by atoms with van der Waals surface area (Å²) < 4.78 is 24.6. The van der Waals surface area contributed by atoms with Crippen molar-refractivity contribution in [1.29, 1.82) is 0 Å². The minimum Gasteiger partial charge on any atom is -0.766 e. The smallest absolute Gasteiger partial charge is 0.766 e. The predicted octanol–water partition coefficient (Wildman–Crippen LogP) is -1.82. The fourth-order valence-electron chi connectivity index (χ4n) is 0.387. The molecule has 0 aliphatic heterocycles. The maximum atomic E-state index is 10.1. The zero-order valence-electron chi connectivity index (χ0n) is 5.17. The Morgan fingerprint density at radius 3 is 2.40 bits per heavy atom. The number of hydrogen-bond acceptors (Lipinski definition) is 3. The van der Waals surface area contributed by atoms with Crippen LogP contribution in [-0.2, 0) is 11.1 Å². The van der Waals surface area contributed by atoms with Crippen molar-refractivity contribution in [2.75, 3.05) is 0 Å². The fraction of sp³-hybridized carbons (Fsp3) is 0. The number of halogens is 1. The van der Waals surface area contributed by atoms with Gasteiger partial charge < -0.3 is 8.97 Å². The zero-order chi connectivity index (χ0) is 6.85. The van der Waals surface area contributed by atoms with Crippen molar-refractivity contribution in [1.82, 2.24) is 0 Å². The Bertz CT molecular complexity index is 236. The summed E-state index contributed by atoms with van der Waals surface area (Å²) in [7, 11) is 0. The second-order valence-corrected chi connectivity index (χ2v) is 2.54. The number of hydrogen-bond donors (Lipinski definition) is 0. The van der Waals surface area contributed by atoms with E-state index >= 15 is 0 Å². The van der Waals surface area contributed by atoms with Crippen LogP contribution in [0.15, 0.2) is 21.6 Å². The van der Waals surface area contributed by atoms with Gasteiger partial charge in [-0.2, -0.15) is 0 Å². The molecular formula is C4H2ClLiO3S. The van der Waals surface area contributed by atoms with Gasteiger partial charge in [0.05, 0.1) is 0 Å². The summed E-state index contributed by atoms with van der Waals surface area (Å²) in [5.74, 6) is 0. The second-order valence-electron chi connectivity index (χ2n) is 1.29.